The van der Waals surface area contributed by atoms with E-state index < -0.39 is 0 Å². The molecule has 0 aliphatic rings. The number of rotatable bonds is 8. The number of nitrogens with one attached hydrogen (secondary N) is 2. The van der Waals surface area contributed by atoms with E-state index in [1.165, 1.54) is 6.20 Å². The van der Waals surface area contributed by atoms with Crippen molar-refractivity contribution in [3.8, 4) is 0 Å². The van der Waals surface area contributed by atoms with Crippen molar-refractivity contribution in [2.45, 2.75) is 26.7 Å². The zero-order chi connectivity index (χ0) is 17.4. The fraction of sp³-hybridized carbons (Fsp3) is 0.389. The number of anilines is 1. The first-order chi connectivity index (χ1) is 11.5. The van der Waals surface area contributed by atoms with Gasteiger partial charge in [-0.15, -0.1) is 0 Å². The lowest BCUT2D eigenvalue weighted by Gasteiger charge is -2.08. The average Bonchev–Trinajstić information content (AvgIpc) is 2.55. The van der Waals surface area contributed by atoms with Crippen LogP contribution >= 0.6 is 11.6 Å². The molecule has 1 aromatic carbocycles. The number of hydrogen-bond acceptors (Lipinski definition) is 4. The lowest BCUT2D eigenvalue weighted by molar-refractivity contribution is 0.0949. The second-order valence-electron chi connectivity index (χ2n) is 6.03. The van der Waals surface area contributed by atoms with Crippen LogP contribution < -0.4 is 10.6 Å². The summed E-state index contributed by atoms with van der Waals surface area (Å²) < 4.78 is 0. The minimum absolute atomic E-state index is 0.224. The molecule has 2 aromatic rings. The van der Waals surface area contributed by atoms with Crippen LogP contribution in [0, 0.1) is 5.92 Å². The molecule has 1 heterocycles. The first-order valence-corrected chi connectivity index (χ1v) is 8.51. The van der Waals surface area contributed by atoms with Crippen molar-refractivity contribution in [1.29, 1.82) is 0 Å². The Bertz CT molecular complexity index is 658. The smallest absolute Gasteiger partial charge is 0.271 e. The Morgan fingerprint density at radius 3 is 2.71 bits per heavy atom. The van der Waals surface area contributed by atoms with E-state index in [4.69, 9.17) is 11.6 Å². The zero-order valence-electron chi connectivity index (χ0n) is 14.1. The van der Waals surface area contributed by atoms with Gasteiger partial charge in [0.2, 0.25) is 0 Å². The molecule has 128 valence electrons. The Kier molecular flexibility index (Phi) is 7.00. The van der Waals surface area contributed by atoms with Crippen molar-refractivity contribution in [2.75, 3.05) is 18.4 Å². The first kappa shape index (κ1) is 18.2. The molecule has 0 spiro atoms. The molecule has 0 fully saturated rings. The molecule has 24 heavy (non-hydrogen) atoms. The number of aromatic nitrogens is 2. The molecule has 0 aliphatic carbocycles. The highest BCUT2D eigenvalue weighted by atomic mass is 35.5. The summed E-state index contributed by atoms with van der Waals surface area (Å²) in [7, 11) is 0. The topological polar surface area (TPSA) is 66.9 Å². The van der Waals surface area contributed by atoms with E-state index in [9.17, 15) is 4.79 Å². The van der Waals surface area contributed by atoms with E-state index >= 15 is 0 Å². The molecule has 2 N–H and O–H groups in total. The van der Waals surface area contributed by atoms with E-state index in [1.807, 2.05) is 24.3 Å². The van der Waals surface area contributed by atoms with Crippen molar-refractivity contribution in [1.82, 2.24) is 15.3 Å². The van der Waals surface area contributed by atoms with E-state index in [-0.39, 0.29) is 5.91 Å². The Morgan fingerprint density at radius 1 is 1.21 bits per heavy atom. The van der Waals surface area contributed by atoms with Gasteiger partial charge in [0.25, 0.3) is 5.91 Å². The Hall–Kier alpha value is -2.14. The standard InChI is InChI=1S/C18H23ClN4O/c1-13(2)6-8-20-17-12-22-16(11-23-17)18(24)21-9-7-14-4-3-5-15(19)10-14/h3-5,10-13H,6-9H2,1-2H3,(H,20,23)(H,21,24). The minimum Gasteiger partial charge on any atom is -0.369 e. The van der Waals surface area contributed by atoms with Gasteiger partial charge < -0.3 is 10.6 Å². The summed E-state index contributed by atoms with van der Waals surface area (Å²) in [5.74, 6) is 1.10. The molecule has 2 rings (SSSR count). The van der Waals surface area contributed by atoms with Gasteiger partial charge in [0.1, 0.15) is 11.5 Å². The molecule has 1 aromatic heterocycles. The summed E-state index contributed by atoms with van der Waals surface area (Å²) in [6.45, 7) is 5.71. The molecule has 0 aliphatic heterocycles. The average molecular weight is 347 g/mol. The molecular formula is C18H23ClN4O. The number of carbonyl (C=O) groups is 1. The van der Waals surface area contributed by atoms with E-state index in [1.54, 1.807) is 6.20 Å². The number of nitrogens with zero attached hydrogens (tertiary/aromatic N) is 2. The summed E-state index contributed by atoms with van der Waals surface area (Å²) in [5, 5.41) is 6.73. The van der Waals surface area contributed by atoms with Gasteiger partial charge >= 0.3 is 0 Å². The molecular weight excluding hydrogens is 324 g/mol. The molecule has 5 nitrogen and oxygen atoms in total. The Labute approximate surface area is 147 Å². The van der Waals surface area contributed by atoms with Crippen LogP contribution in [0.2, 0.25) is 5.02 Å². The van der Waals surface area contributed by atoms with Crippen molar-refractivity contribution < 1.29 is 4.79 Å². The predicted molar refractivity (Wildman–Crippen MR) is 97.5 cm³/mol. The molecule has 0 atom stereocenters. The maximum atomic E-state index is 12.1. The van der Waals surface area contributed by atoms with Crippen LogP contribution in [0.3, 0.4) is 0 Å². The van der Waals surface area contributed by atoms with Gasteiger partial charge in [-0.2, -0.15) is 0 Å². The van der Waals surface area contributed by atoms with Gasteiger partial charge in [-0.25, -0.2) is 9.97 Å². The number of amides is 1. The molecule has 0 radical (unpaired) electrons. The van der Waals surface area contributed by atoms with Crippen LogP contribution in [0.1, 0.15) is 36.3 Å². The number of hydrogen-bond donors (Lipinski definition) is 2. The van der Waals surface area contributed by atoms with Crippen molar-refractivity contribution in [2.24, 2.45) is 5.92 Å². The number of carbonyl (C=O) groups excluding carboxylic acids is 1. The minimum atomic E-state index is -0.224. The second-order valence-corrected chi connectivity index (χ2v) is 6.47. The summed E-state index contributed by atoms with van der Waals surface area (Å²) in [6, 6.07) is 7.60. The Morgan fingerprint density at radius 2 is 2.04 bits per heavy atom. The van der Waals surface area contributed by atoms with Gasteiger partial charge in [0.15, 0.2) is 0 Å². The summed E-state index contributed by atoms with van der Waals surface area (Å²) in [5.41, 5.74) is 1.40. The van der Waals surface area contributed by atoms with E-state index in [0.29, 0.717) is 35.4 Å². The quantitative estimate of drug-likeness (QED) is 0.767. The highest BCUT2D eigenvalue weighted by Gasteiger charge is 2.07. The van der Waals surface area contributed by atoms with Crippen molar-refractivity contribution in [3.05, 3.63) is 52.9 Å². The SMILES string of the molecule is CC(C)CCNc1cnc(C(=O)NCCc2cccc(Cl)c2)cn1. The van der Waals surface area contributed by atoms with Crippen LogP contribution in [-0.4, -0.2) is 29.0 Å². The predicted octanol–water partition coefficient (Wildman–Crippen LogP) is 3.56. The monoisotopic (exact) mass is 346 g/mol. The third-order valence-electron chi connectivity index (χ3n) is 3.50. The number of benzene rings is 1. The molecule has 0 bridgehead atoms. The third kappa shape index (κ3) is 6.16. The Balaban J connectivity index is 1.77. The van der Waals surface area contributed by atoms with Gasteiger partial charge in [0.05, 0.1) is 12.4 Å². The van der Waals surface area contributed by atoms with Gasteiger partial charge in [-0.3, -0.25) is 4.79 Å². The molecule has 0 unspecified atom stereocenters. The highest BCUT2D eigenvalue weighted by Crippen LogP contribution is 2.10. The van der Waals surface area contributed by atoms with Crippen molar-refractivity contribution >= 4 is 23.3 Å². The van der Waals surface area contributed by atoms with E-state index in [2.05, 4.69) is 34.4 Å². The molecule has 1 amide bonds. The lowest BCUT2D eigenvalue weighted by Crippen LogP contribution is -2.26. The van der Waals surface area contributed by atoms with Crippen LogP contribution in [0.25, 0.3) is 0 Å². The molecule has 0 saturated carbocycles. The number of halogens is 1. The zero-order valence-corrected chi connectivity index (χ0v) is 14.8. The van der Waals surface area contributed by atoms with E-state index in [0.717, 1.165) is 18.5 Å². The molecule has 6 heteroatoms. The van der Waals surface area contributed by atoms with Crippen molar-refractivity contribution in [3.63, 3.8) is 0 Å². The highest BCUT2D eigenvalue weighted by molar-refractivity contribution is 6.30. The van der Waals surface area contributed by atoms with Gasteiger partial charge in [0, 0.05) is 18.1 Å². The fourth-order valence-electron chi connectivity index (χ4n) is 2.13. The van der Waals surface area contributed by atoms with Gasteiger partial charge in [-0.1, -0.05) is 37.6 Å². The summed E-state index contributed by atoms with van der Waals surface area (Å²) in [4.78, 5) is 20.4. The maximum Gasteiger partial charge on any atom is 0.271 e. The largest absolute Gasteiger partial charge is 0.369 e. The van der Waals surface area contributed by atoms with Crippen LogP contribution in [0.5, 0.6) is 0 Å². The fourth-order valence-corrected chi connectivity index (χ4v) is 2.34. The molecule has 0 saturated heterocycles. The normalized spacial score (nSPS) is 10.7. The van der Waals surface area contributed by atoms with Crippen LogP contribution in [-0.2, 0) is 6.42 Å². The first-order valence-electron chi connectivity index (χ1n) is 8.13. The summed E-state index contributed by atoms with van der Waals surface area (Å²) >= 11 is 5.94. The van der Waals surface area contributed by atoms with Gasteiger partial charge in [-0.05, 0) is 36.5 Å². The van der Waals surface area contributed by atoms with Crippen LogP contribution in [0.15, 0.2) is 36.7 Å². The summed E-state index contributed by atoms with van der Waals surface area (Å²) in [6.07, 6.45) is 4.86. The lowest BCUT2D eigenvalue weighted by atomic mass is 10.1. The third-order valence-corrected chi connectivity index (χ3v) is 3.74. The maximum absolute atomic E-state index is 12.1. The van der Waals surface area contributed by atoms with Crippen LogP contribution in [0.4, 0.5) is 5.82 Å². The second kappa shape index (κ2) is 9.23.